The van der Waals surface area contributed by atoms with Crippen molar-refractivity contribution in [1.82, 2.24) is 20.2 Å². The maximum absolute atomic E-state index is 12.4. The number of carbonyl (C=O) groups excluding carboxylic acids is 2. The van der Waals surface area contributed by atoms with Gasteiger partial charge in [0.2, 0.25) is 5.91 Å². The number of aromatic nitrogens is 2. The highest BCUT2D eigenvalue weighted by atomic mass is 32.2. The van der Waals surface area contributed by atoms with Crippen LogP contribution in [0.5, 0.6) is 0 Å². The fourth-order valence-electron chi connectivity index (χ4n) is 2.56. The van der Waals surface area contributed by atoms with Gasteiger partial charge in [0.15, 0.2) is 5.16 Å². The molecule has 0 bridgehead atoms. The Bertz CT molecular complexity index is 866. The zero-order chi connectivity index (χ0) is 18.0. The first kappa shape index (κ1) is 17.2. The number of rotatable bonds is 4. The van der Waals surface area contributed by atoms with E-state index in [0.29, 0.717) is 29.5 Å². The van der Waals surface area contributed by atoms with Gasteiger partial charge < -0.3 is 10.3 Å². The third-order valence-electron chi connectivity index (χ3n) is 3.94. The van der Waals surface area contributed by atoms with Crippen LogP contribution in [0.1, 0.15) is 12.5 Å². The van der Waals surface area contributed by atoms with Crippen LogP contribution >= 0.6 is 11.8 Å². The van der Waals surface area contributed by atoms with Crippen LogP contribution in [0, 0.1) is 6.92 Å². The van der Waals surface area contributed by atoms with Gasteiger partial charge in [-0.15, -0.1) is 0 Å². The van der Waals surface area contributed by atoms with Crippen LogP contribution in [-0.4, -0.2) is 45.1 Å². The lowest BCUT2D eigenvalue weighted by Gasteiger charge is -2.17. The Labute approximate surface area is 148 Å². The first-order valence-electron chi connectivity index (χ1n) is 7.89. The predicted molar refractivity (Wildman–Crippen MR) is 95.5 cm³/mol. The average molecular weight is 358 g/mol. The Morgan fingerprint density at radius 3 is 2.64 bits per heavy atom. The second-order valence-electron chi connectivity index (χ2n) is 5.69. The molecule has 1 saturated heterocycles. The van der Waals surface area contributed by atoms with Crippen molar-refractivity contribution in [2.24, 2.45) is 0 Å². The van der Waals surface area contributed by atoms with E-state index in [1.54, 1.807) is 13.8 Å². The quantitative estimate of drug-likeness (QED) is 0.642. The highest BCUT2D eigenvalue weighted by Gasteiger charge is 2.30. The van der Waals surface area contributed by atoms with E-state index in [4.69, 9.17) is 0 Å². The molecule has 3 amide bonds. The molecule has 130 valence electrons. The summed E-state index contributed by atoms with van der Waals surface area (Å²) in [5, 5.41) is 2.41. The van der Waals surface area contributed by atoms with E-state index in [0.717, 1.165) is 17.3 Å². The first-order valence-corrected chi connectivity index (χ1v) is 8.77. The average Bonchev–Trinajstić information content (AvgIpc) is 3.04. The minimum Gasteiger partial charge on any atom is -0.336 e. The molecule has 2 N–H and O–H groups in total. The molecule has 0 aliphatic carbocycles. The molecule has 1 aliphatic heterocycles. The van der Waals surface area contributed by atoms with Crippen LogP contribution < -0.4 is 10.9 Å². The summed E-state index contributed by atoms with van der Waals surface area (Å²) >= 11 is 1.13. The summed E-state index contributed by atoms with van der Waals surface area (Å²) in [6, 6.07) is 9.03. The van der Waals surface area contributed by atoms with Gasteiger partial charge in [0.05, 0.1) is 10.9 Å². The van der Waals surface area contributed by atoms with Gasteiger partial charge in [0.25, 0.3) is 5.56 Å². The van der Waals surface area contributed by atoms with E-state index >= 15 is 0 Å². The summed E-state index contributed by atoms with van der Waals surface area (Å²) in [7, 11) is 0. The minimum atomic E-state index is -0.543. The Balaban J connectivity index is 1.85. The van der Waals surface area contributed by atoms with E-state index in [1.807, 2.05) is 30.3 Å². The van der Waals surface area contributed by atoms with Crippen molar-refractivity contribution in [2.45, 2.75) is 24.3 Å². The van der Waals surface area contributed by atoms with Crippen molar-refractivity contribution in [2.75, 3.05) is 13.1 Å². The number of amides is 3. The molecule has 0 spiro atoms. The Kier molecular flexibility index (Phi) is 4.89. The SMILES string of the molecule is Cc1c(-c2ccccc2)nc(SC(C)C(=O)N2CCNC2=O)[nH]c1=O. The number of hydrogen-bond acceptors (Lipinski definition) is 5. The molecular weight excluding hydrogens is 340 g/mol. The van der Waals surface area contributed by atoms with E-state index in [-0.39, 0.29) is 17.5 Å². The molecule has 0 radical (unpaired) electrons. The lowest BCUT2D eigenvalue weighted by atomic mass is 10.1. The number of H-pyrrole nitrogens is 1. The second kappa shape index (κ2) is 7.10. The Morgan fingerprint density at radius 1 is 1.28 bits per heavy atom. The molecule has 0 saturated carbocycles. The van der Waals surface area contributed by atoms with Crippen LogP contribution in [0.3, 0.4) is 0 Å². The normalized spacial score (nSPS) is 15.1. The third kappa shape index (κ3) is 3.58. The number of nitrogens with one attached hydrogen (secondary N) is 2. The zero-order valence-electron chi connectivity index (χ0n) is 13.9. The molecule has 1 atom stereocenters. The van der Waals surface area contributed by atoms with Gasteiger partial charge in [-0.2, -0.15) is 0 Å². The Morgan fingerprint density at radius 2 is 2.00 bits per heavy atom. The monoisotopic (exact) mass is 358 g/mol. The summed E-state index contributed by atoms with van der Waals surface area (Å²) < 4.78 is 0. The summed E-state index contributed by atoms with van der Waals surface area (Å²) in [6.07, 6.45) is 0. The van der Waals surface area contributed by atoms with Crippen LogP contribution in [-0.2, 0) is 4.79 Å². The van der Waals surface area contributed by atoms with Gasteiger partial charge in [-0.05, 0) is 13.8 Å². The van der Waals surface area contributed by atoms with Crippen LogP contribution in [0.4, 0.5) is 4.79 Å². The van der Waals surface area contributed by atoms with Crippen molar-refractivity contribution in [3.63, 3.8) is 0 Å². The minimum absolute atomic E-state index is 0.241. The molecule has 1 fully saturated rings. The smallest absolute Gasteiger partial charge is 0.324 e. The highest BCUT2D eigenvalue weighted by Crippen LogP contribution is 2.25. The number of hydrogen-bond donors (Lipinski definition) is 2. The molecule has 7 nitrogen and oxygen atoms in total. The van der Waals surface area contributed by atoms with Gasteiger partial charge in [0, 0.05) is 24.2 Å². The topological polar surface area (TPSA) is 95.2 Å². The van der Waals surface area contributed by atoms with E-state index in [9.17, 15) is 14.4 Å². The van der Waals surface area contributed by atoms with E-state index < -0.39 is 5.25 Å². The van der Waals surface area contributed by atoms with Crippen molar-refractivity contribution in [3.05, 3.63) is 46.2 Å². The van der Waals surface area contributed by atoms with Crippen LogP contribution in [0.25, 0.3) is 11.3 Å². The van der Waals surface area contributed by atoms with Crippen molar-refractivity contribution < 1.29 is 9.59 Å². The molecule has 2 aromatic rings. The van der Waals surface area contributed by atoms with Gasteiger partial charge in [-0.1, -0.05) is 42.1 Å². The van der Waals surface area contributed by atoms with Crippen molar-refractivity contribution >= 4 is 23.7 Å². The number of aromatic amines is 1. The maximum atomic E-state index is 12.4. The van der Waals surface area contributed by atoms with Crippen molar-refractivity contribution in [1.29, 1.82) is 0 Å². The molecule has 25 heavy (non-hydrogen) atoms. The molecule has 1 aliphatic rings. The fraction of sp³-hybridized carbons (Fsp3) is 0.294. The van der Waals surface area contributed by atoms with Crippen LogP contribution in [0.2, 0.25) is 0 Å². The summed E-state index contributed by atoms with van der Waals surface area (Å²) in [5.41, 5.74) is 1.71. The van der Waals surface area contributed by atoms with E-state index in [2.05, 4.69) is 15.3 Å². The van der Waals surface area contributed by atoms with E-state index in [1.165, 1.54) is 4.90 Å². The van der Waals surface area contributed by atoms with Gasteiger partial charge in [-0.25, -0.2) is 9.78 Å². The zero-order valence-corrected chi connectivity index (χ0v) is 14.7. The summed E-state index contributed by atoms with van der Waals surface area (Å²) in [5.74, 6) is -0.301. The summed E-state index contributed by atoms with van der Waals surface area (Å²) in [4.78, 5) is 44.6. The lowest BCUT2D eigenvalue weighted by Crippen LogP contribution is -2.39. The summed E-state index contributed by atoms with van der Waals surface area (Å²) in [6.45, 7) is 4.22. The van der Waals surface area contributed by atoms with Crippen molar-refractivity contribution in [3.8, 4) is 11.3 Å². The number of nitrogens with zero attached hydrogens (tertiary/aromatic N) is 2. The lowest BCUT2D eigenvalue weighted by molar-refractivity contribution is -0.126. The fourth-order valence-corrected chi connectivity index (χ4v) is 3.42. The molecule has 3 rings (SSSR count). The third-order valence-corrected chi connectivity index (χ3v) is 4.91. The molecule has 2 heterocycles. The standard InChI is InChI=1S/C17H18N4O3S/c1-10-13(12-6-4-3-5-7-12)19-16(20-14(10)22)25-11(2)15(23)21-9-8-18-17(21)24/h3-7,11H,8-9H2,1-2H3,(H,18,24)(H,19,20,22). The highest BCUT2D eigenvalue weighted by molar-refractivity contribution is 8.00. The number of imide groups is 1. The predicted octanol–water partition coefficient (Wildman–Crippen LogP) is 1.78. The number of thioether (sulfide) groups is 1. The largest absolute Gasteiger partial charge is 0.336 e. The Hall–Kier alpha value is -2.61. The number of urea groups is 1. The molecule has 1 aromatic carbocycles. The van der Waals surface area contributed by atoms with Gasteiger partial charge in [-0.3, -0.25) is 14.5 Å². The maximum Gasteiger partial charge on any atom is 0.324 e. The van der Waals surface area contributed by atoms with Gasteiger partial charge in [0.1, 0.15) is 0 Å². The van der Waals surface area contributed by atoms with Gasteiger partial charge >= 0.3 is 6.03 Å². The molecular formula is C17H18N4O3S. The molecule has 1 unspecified atom stereocenters. The number of carbonyl (C=O) groups is 2. The van der Waals surface area contributed by atoms with Crippen LogP contribution in [0.15, 0.2) is 40.3 Å². The molecule has 1 aromatic heterocycles. The second-order valence-corrected chi connectivity index (χ2v) is 7.02. The number of benzene rings is 1. The molecule has 8 heteroatoms. The first-order chi connectivity index (χ1) is 12.0.